The number of methoxy groups -OCH3 is 1. The molecule has 0 aliphatic carbocycles. The molecule has 0 spiro atoms. The summed E-state index contributed by atoms with van der Waals surface area (Å²) in [6, 6.07) is -0.0452. The second kappa shape index (κ2) is 9.68. The molecular weight excluding hydrogens is 384 g/mol. The van der Waals surface area contributed by atoms with Gasteiger partial charge in [-0.25, -0.2) is 18.1 Å². The maximum absolute atomic E-state index is 12.3. The third-order valence-electron chi connectivity index (χ3n) is 4.98. The van der Waals surface area contributed by atoms with Crippen molar-refractivity contribution >= 4 is 21.8 Å². The number of likely N-dealkylation sites (N-methyl/N-ethyl adjacent to an activating group) is 1. The molecule has 2 N–H and O–H groups in total. The van der Waals surface area contributed by atoms with Crippen LogP contribution in [0.1, 0.15) is 12.8 Å². The minimum absolute atomic E-state index is 0.0403. The van der Waals surface area contributed by atoms with Crippen LogP contribution >= 0.6 is 0 Å². The van der Waals surface area contributed by atoms with Crippen molar-refractivity contribution in [3.8, 4) is 5.75 Å². The first-order chi connectivity index (χ1) is 13.5. The van der Waals surface area contributed by atoms with Crippen LogP contribution in [0.5, 0.6) is 5.75 Å². The van der Waals surface area contributed by atoms with Crippen molar-refractivity contribution in [1.82, 2.24) is 19.6 Å². The third-order valence-corrected chi connectivity index (χ3v) is 6.41. The molecule has 11 heteroatoms. The minimum Gasteiger partial charge on any atom is -0.491 e. The van der Waals surface area contributed by atoms with Crippen LogP contribution in [0.25, 0.3) is 0 Å². The Morgan fingerprint density at radius 3 is 2.64 bits per heavy atom. The first kappa shape index (κ1) is 21.0. The van der Waals surface area contributed by atoms with Crippen LogP contribution in [0.2, 0.25) is 0 Å². The Bertz CT molecular complexity index is 733. The second-order valence-electron chi connectivity index (χ2n) is 7.13. The molecule has 0 atom stereocenters. The smallest absolute Gasteiger partial charge is 0.227 e. The van der Waals surface area contributed by atoms with Crippen LogP contribution in [0.3, 0.4) is 0 Å². The van der Waals surface area contributed by atoms with Crippen LogP contribution in [0.4, 0.5) is 11.8 Å². The Labute approximate surface area is 166 Å². The van der Waals surface area contributed by atoms with Gasteiger partial charge in [0.2, 0.25) is 16.0 Å². The maximum atomic E-state index is 12.3. The van der Waals surface area contributed by atoms with E-state index >= 15 is 0 Å². The fourth-order valence-corrected chi connectivity index (χ4v) is 4.46. The molecule has 28 heavy (non-hydrogen) atoms. The van der Waals surface area contributed by atoms with Gasteiger partial charge in [-0.15, -0.1) is 0 Å². The summed E-state index contributed by atoms with van der Waals surface area (Å²) in [5.74, 6) is 1.58. The lowest BCUT2D eigenvalue weighted by Crippen LogP contribution is -2.45. The number of ether oxygens (including phenoxy) is 2. The molecule has 0 unspecified atom stereocenters. The zero-order valence-corrected chi connectivity index (χ0v) is 17.4. The highest BCUT2D eigenvalue weighted by molar-refractivity contribution is 7.89. The van der Waals surface area contributed by atoms with Crippen molar-refractivity contribution < 1.29 is 17.9 Å². The highest BCUT2D eigenvalue weighted by Crippen LogP contribution is 2.23. The number of rotatable bonds is 8. The predicted molar refractivity (Wildman–Crippen MR) is 108 cm³/mol. The maximum Gasteiger partial charge on any atom is 0.227 e. The molecule has 2 saturated heterocycles. The number of anilines is 2. The Hall–Kier alpha value is -1.69. The van der Waals surface area contributed by atoms with Crippen molar-refractivity contribution in [2.24, 2.45) is 0 Å². The SMILES string of the molecule is COc1cnc(N2CCN(C)CC2)nc1NCCS(=O)(=O)NC1CCOCC1. The molecule has 0 aromatic carbocycles. The molecule has 2 aliphatic rings. The molecule has 3 heterocycles. The summed E-state index contributed by atoms with van der Waals surface area (Å²) in [5, 5.41) is 3.09. The summed E-state index contributed by atoms with van der Waals surface area (Å²) < 4.78 is 38.0. The molecule has 158 valence electrons. The number of hydrogen-bond acceptors (Lipinski definition) is 9. The van der Waals surface area contributed by atoms with Gasteiger partial charge in [-0.2, -0.15) is 4.98 Å². The summed E-state index contributed by atoms with van der Waals surface area (Å²) in [5.41, 5.74) is 0. The lowest BCUT2D eigenvalue weighted by Gasteiger charge is -2.32. The fourth-order valence-electron chi connectivity index (χ4n) is 3.23. The van der Waals surface area contributed by atoms with E-state index in [1.54, 1.807) is 13.3 Å². The zero-order valence-electron chi connectivity index (χ0n) is 16.6. The largest absolute Gasteiger partial charge is 0.491 e. The van der Waals surface area contributed by atoms with E-state index in [9.17, 15) is 8.42 Å². The summed E-state index contributed by atoms with van der Waals surface area (Å²) in [4.78, 5) is 13.3. The molecule has 10 nitrogen and oxygen atoms in total. The summed E-state index contributed by atoms with van der Waals surface area (Å²) in [7, 11) is 0.260. The number of aromatic nitrogens is 2. The predicted octanol–water partition coefficient (Wildman–Crippen LogP) is -0.253. The van der Waals surface area contributed by atoms with E-state index in [0.29, 0.717) is 43.6 Å². The molecule has 2 fully saturated rings. The van der Waals surface area contributed by atoms with Crippen LogP contribution in [0.15, 0.2) is 6.20 Å². The van der Waals surface area contributed by atoms with Gasteiger partial charge in [-0.1, -0.05) is 0 Å². The highest BCUT2D eigenvalue weighted by atomic mass is 32.2. The Kier molecular flexibility index (Phi) is 7.27. The van der Waals surface area contributed by atoms with Crippen molar-refractivity contribution in [1.29, 1.82) is 0 Å². The van der Waals surface area contributed by atoms with Gasteiger partial charge >= 0.3 is 0 Å². The molecule has 1 aromatic heterocycles. The number of piperazine rings is 1. The topological polar surface area (TPSA) is 109 Å². The van der Waals surface area contributed by atoms with Gasteiger partial charge in [0, 0.05) is 52.0 Å². The number of sulfonamides is 1. The molecule has 0 amide bonds. The molecule has 1 aromatic rings. The van der Waals surface area contributed by atoms with Crippen molar-refractivity contribution in [2.75, 3.05) is 76.1 Å². The van der Waals surface area contributed by atoms with E-state index in [-0.39, 0.29) is 18.3 Å². The lowest BCUT2D eigenvalue weighted by molar-refractivity contribution is 0.0832. The Morgan fingerprint density at radius 1 is 1.25 bits per heavy atom. The molecule has 0 saturated carbocycles. The van der Waals surface area contributed by atoms with Crippen LogP contribution in [0, 0.1) is 0 Å². The van der Waals surface area contributed by atoms with Gasteiger partial charge in [0.15, 0.2) is 11.6 Å². The fraction of sp³-hybridized carbons (Fsp3) is 0.765. The first-order valence-electron chi connectivity index (χ1n) is 9.63. The summed E-state index contributed by atoms with van der Waals surface area (Å²) in [6.07, 6.45) is 3.04. The Balaban J connectivity index is 1.57. The monoisotopic (exact) mass is 414 g/mol. The molecule has 3 rings (SSSR count). The van der Waals surface area contributed by atoms with Gasteiger partial charge in [0.05, 0.1) is 19.1 Å². The van der Waals surface area contributed by atoms with Gasteiger partial charge in [0.1, 0.15) is 0 Å². The second-order valence-corrected chi connectivity index (χ2v) is 9.00. The van der Waals surface area contributed by atoms with Crippen molar-refractivity contribution in [3.63, 3.8) is 0 Å². The van der Waals surface area contributed by atoms with E-state index < -0.39 is 10.0 Å². The van der Waals surface area contributed by atoms with E-state index in [0.717, 1.165) is 26.2 Å². The minimum atomic E-state index is -3.38. The van der Waals surface area contributed by atoms with Gasteiger partial charge in [-0.05, 0) is 19.9 Å². The van der Waals surface area contributed by atoms with E-state index in [2.05, 4.69) is 36.9 Å². The number of nitrogens with zero attached hydrogens (tertiary/aromatic N) is 4. The van der Waals surface area contributed by atoms with E-state index in [4.69, 9.17) is 9.47 Å². The normalized spacial score (nSPS) is 19.6. The van der Waals surface area contributed by atoms with Crippen molar-refractivity contribution in [2.45, 2.75) is 18.9 Å². The Morgan fingerprint density at radius 2 is 1.96 bits per heavy atom. The number of hydrogen-bond donors (Lipinski definition) is 2. The van der Waals surface area contributed by atoms with Crippen LogP contribution < -0.4 is 19.7 Å². The standard InChI is InChI=1S/C17H30N6O4S/c1-22-6-8-23(9-7-22)17-19-13-15(26-2)16(20-17)18-5-12-28(24,25)21-14-3-10-27-11-4-14/h13-14,21H,3-12H2,1-2H3,(H,18,19,20). The average molecular weight is 415 g/mol. The van der Waals surface area contributed by atoms with Gasteiger partial charge in [0.25, 0.3) is 0 Å². The van der Waals surface area contributed by atoms with Crippen LogP contribution in [-0.4, -0.2) is 95.2 Å². The quantitative estimate of drug-likeness (QED) is 0.595. The molecule has 2 aliphatic heterocycles. The summed E-state index contributed by atoms with van der Waals surface area (Å²) in [6.45, 7) is 5.03. The lowest BCUT2D eigenvalue weighted by atomic mass is 10.1. The third kappa shape index (κ3) is 5.90. The summed E-state index contributed by atoms with van der Waals surface area (Å²) >= 11 is 0. The van der Waals surface area contributed by atoms with E-state index in [1.165, 1.54) is 0 Å². The zero-order chi connectivity index (χ0) is 20.0. The highest BCUT2D eigenvalue weighted by Gasteiger charge is 2.21. The average Bonchev–Trinajstić information content (AvgIpc) is 2.69. The molecule has 0 radical (unpaired) electrons. The first-order valence-corrected chi connectivity index (χ1v) is 11.3. The molecular formula is C17H30N6O4S. The van der Waals surface area contributed by atoms with Crippen LogP contribution in [-0.2, 0) is 14.8 Å². The number of nitrogens with one attached hydrogen (secondary N) is 2. The molecule has 0 bridgehead atoms. The van der Waals surface area contributed by atoms with Gasteiger partial charge in [-0.3, -0.25) is 0 Å². The van der Waals surface area contributed by atoms with E-state index in [1.807, 2.05) is 0 Å². The van der Waals surface area contributed by atoms with Crippen molar-refractivity contribution in [3.05, 3.63) is 6.20 Å². The van der Waals surface area contributed by atoms with Gasteiger partial charge < -0.3 is 24.6 Å².